The number of nitrogens with zero attached hydrogens (tertiary/aromatic N) is 2. The summed E-state index contributed by atoms with van der Waals surface area (Å²) in [6.45, 7) is 1.93. The second kappa shape index (κ2) is 3.06. The average Bonchev–Trinajstić information content (AvgIpc) is 2.34. The Hall–Kier alpha value is -0.500. The molecule has 0 saturated heterocycles. The molecule has 0 saturated carbocycles. The molecule has 0 aliphatic rings. The van der Waals surface area contributed by atoms with Crippen molar-refractivity contribution in [2.24, 2.45) is 0 Å². The van der Waals surface area contributed by atoms with Crippen molar-refractivity contribution in [3.05, 3.63) is 16.0 Å². The van der Waals surface area contributed by atoms with E-state index in [2.05, 4.69) is 33.6 Å². The van der Waals surface area contributed by atoms with Gasteiger partial charge in [0.25, 0.3) is 0 Å². The Labute approximate surface area is 73.8 Å². The Morgan fingerprint density at radius 3 is 3.00 bits per heavy atom. The van der Waals surface area contributed by atoms with E-state index in [0.29, 0.717) is 0 Å². The Kier molecular flexibility index (Phi) is 2.33. The highest BCUT2D eigenvalue weighted by Crippen LogP contribution is 2.06. The zero-order valence-corrected chi connectivity index (χ0v) is 7.74. The van der Waals surface area contributed by atoms with Crippen LogP contribution < -0.4 is 0 Å². The molecule has 1 aromatic heterocycles. The van der Waals surface area contributed by atoms with Crippen LogP contribution in [-0.4, -0.2) is 9.78 Å². The van der Waals surface area contributed by atoms with Crippen LogP contribution in [0.5, 0.6) is 0 Å². The third kappa shape index (κ3) is 1.51. The van der Waals surface area contributed by atoms with Crippen molar-refractivity contribution in [2.75, 3.05) is 0 Å². The van der Waals surface area contributed by atoms with Gasteiger partial charge in [0, 0.05) is 6.20 Å². The summed E-state index contributed by atoms with van der Waals surface area (Å²) in [7, 11) is 0. The van der Waals surface area contributed by atoms with E-state index < -0.39 is 0 Å². The highest BCUT2D eigenvalue weighted by atomic mass is 127. The van der Waals surface area contributed by atoms with Crippen LogP contribution in [0.4, 0.5) is 0 Å². The minimum Gasteiger partial charge on any atom is -0.257 e. The van der Waals surface area contributed by atoms with E-state index in [1.807, 2.05) is 13.1 Å². The standard InChI is InChI=1S/C7H7IN2/c1-3-6(2)10-5-7(8)4-9-10/h1,4-6H,2H3. The molecular formula is C7H7IN2. The van der Waals surface area contributed by atoms with Crippen molar-refractivity contribution in [1.29, 1.82) is 0 Å². The number of hydrogen-bond acceptors (Lipinski definition) is 1. The molecule has 0 bridgehead atoms. The van der Waals surface area contributed by atoms with Gasteiger partial charge in [0.1, 0.15) is 6.04 Å². The van der Waals surface area contributed by atoms with Gasteiger partial charge >= 0.3 is 0 Å². The second-order valence-corrected chi connectivity index (χ2v) is 3.23. The van der Waals surface area contributed by atoms with Gasteiger partial charge in [-0.3, -0.25) is 4.68 Å². The molecule has 2 nitrogen and oxygen atoms in total. The SMILES string of the molecule is C#CC(C)n1cc(I)cn1. The van der Waals surface area contributed by atoms with Gasteiger partial charge in [-0.1, -0.05) is 5.92 Å². The number of halogens is 1. The van der Waals surface area contributed by atoms with E-state index in [1.165, 1.54) is 0 Å². The summed E-state index contributed by atoms with van der Waals surface area (Å²) in [5.41, 5.74) is 0. The first-order chi connectivity index (χ1) is 4.74. The topological polar surface area (TPSA) is 17.8 Å². The van der Waals surface area contributed by atoms with E-state index in [-0.39, 0.29) is 6.04 Å². The summed E-state index contributed by atoms with van der Waals surface area (Å²) in [6, 6.07) is 0.0588. The minimum atomic E-state index is 0.0588. The van der Waals surface area contributed by atoms with Crippen LogP contribution in [-0.2, 0) is 0 Å². The summed E-state index contributed by atoms with van der Waals surface area (Å²) in [4.78, 5) is 0. The van der Waals surface area contributed by atoms with Crippen molar-refractivity contribution in [2.45, 2.75) is 13.0 Å². The fourth-order valence-corrected chi connectivity index (χ4v) is 1.01. The second-order valence-electron chi connectivity index (χ2n) is 1.98. The van der Waals surface area contributed by atoms with Crippen LogP contribution in [0.2, 0.25) is 0 Å². The van der Waals surface area contributed by atoms with Crippen LogP contribution in [0.3, 0.4) is 0 Å². The first-order valence-electron chi connectivity index (χ1n) is 2.90. The van der Waals surface area contributed by atoms with E-state index >= 15 is 0 Å². The molecule has 1 aromatic rings. The Balaban J connectivity index is 2.87. The number of terminal acetylenes is 1. The van der Waals surface area contributed by atoms with Crippen molar-refractivity contribution < 1.29 is 0 Å². The maximum Gasteiger partial charge on any atom is 0.109 e. The quantitative estimate of drug-likeness (QED) is 0.544. The predicted molar refractivity (Wildman–Crippen MR) is 48.5 cm³/mol. The van der Waals surface area contributed by atoms with E-state index in [4.69, 9.17) is 6.42 Å². The lowest BCUT2D eigenvalue weighted by Crippen LogP contribution is -2.01. The van der Waals surface area contributed by atoms with Gasteiger partial charge in [-0.05, 0) is 29.5 Å². The Bertz CT molecular complexity index is 259. The fraction of sp³-hybridized carbons (Fsp3) is 0.286. The first kappa shape index (κ1) is 7.61. The molecule has 3 heteroatoms. The van der Waals surface area contributed by atoms with Gasteiger partial charge in [-0.15, -0.1) is 6.42 Å². The van der Waals surface area contributed by atoms with Crippen LogP contribution in [0.15, 0.2) is 12.4 Å². The maximum atomic E-state index is 5.20. The molecule has 0 fully saturated rings. The summed E-state index contributed by atoms with van der Waals surface area (Å²) < 4.78 is 2.88. The summed E-state index contributed by atoms with van der Waals surface area (Å²) in [5.74, 6) is 2.59. The molecule has 52 valence electrons. The van der Waals surface area contributed by atoms with Crippen LogP contribution in [0.25, 0.3) is 0 Å². The molecule has 0 aliphatic heterocycles. The molecule has 0 amide bonds. The highest BCUT2D eigenvalue weighted by Gasteiger charge is 1.99. The molecule has 0 aliphatic carbocycles. The molecule has 1 heterocycles. The molecule has 0 aromatic carbocycles. The smallest absolute Gasteiger partial charge is 0.109 e. The van der Waals surface area contributed by atoms with Crippen molar-refractivity contribution in [1.82, 2.24) is 9.78 Å². The lowest BCUT2D eigenvalue weighted by atomic mass is 10.4. The summed E-state index contributed by atoms with van der Waals surface area (Å²) >= 11 is 2.20. The fourth-order valence-electron chi connectivity index (χ4n) is 0.603. The van der Waals surface area contributed by atoms with E-state index in [1.54, 1.807) is 10.9 Å². The molecular weight excluding hydrogens is 239 g/mol. The molecule has 0 N–H and O–H groups in total. The monoisotopic (exact) mass is 246 g/mol. The third-order valence-electron chi connectivity index (χ3n) is 1.21. The molecule has 0 spiro atoms. The molecule has 10 heavy (non-hydrogen) atoms. The van der Waals surface area contributed by atoms with Crippen molar-refractivity contribution in [3.63, 3.8) is 0 Å². The van der Waals surface area contributed by atoms with Gasteiger partial charge < -0.3 is 0 Å². The molecule has 0 radical (unpaired) electrons. The van der Waals surface area contributed by atoms with Crippen molar-refractivity contribution >= 4 is 22.6 Å². The molecule has 1 rings (SSSR count). The van der Waals surface area contributed by atoms with Crippen LogP contribution >= 0.6 is 22.6 Å². The lowest BCUT2D eigenvalue weighted by Gasteiger charge is -2.01. The van der Waals surface area contributed by atoms with Gasteiger partial charge in [0.15, 0.2) is 0 Å². The zero-order chi connectivity index (χ0) is 7.56. The number of aromatic nitrogens is 2. The highest BCUT2D eigenvalue weighted by molar-refractivity contribution is 14.1. The molecule has 1 unspecified atom stereocenters. The number of rotatable bonds is 1. The third-order valence-corrected chi connectivity index (χ3v) is 1.77. The van der Waals surface area contributed by atoms with E-state index in [0.717, 1.165) is 3.57 Å². The predicted octanol–water partition coefficient (Wildman–Crippen LogP) is 1.68. The summed E-state index contributed by atoms with van der Waals surface area (Å²) in [6.07, 6.45) is 8.91. The van der Waals surface area contributed by atoms with Crippen LogP contribution in [0, 0.1) is 15.9 Å². The van der Waals surface area contributed by atoms with Crippen molar-refractivity contribution in [3.8, 4) is 12.3 Å². The minimum absolute atomic E-state index is 0.0588. The Morgan fingerprint density at radius 2 is 2.60 bits per heavy atom. The number of hydrogen-bond donors (Lipinski definition) is 0. The van der Waals surface area contributed by atoms with Crippen LogP contribution in [0.1, 0.15) is 13.0 Å². The van der Waals surface area contributed by atoms with Gasteiger partial charge in [0.05, 0.1) is 9.77 Å². The van der Waals surface area contributed by atoms with Gasteiger partial charge in [0.2, 0.25) is 0 Å². The summed E-state index contributed by atoms with van der Waals surface area (Å²) in [5, 5.41) is 4.05. The van der Waals surface area contributed by atoms with Gasteiger partial charge in [-0.25, -0.2) is 0 Å². The Morgan fingerprint density at radius 1 is 1.90 bits per heavy atom. The normalized spacial score (nSPS) is 12.5. The maximum absolute atomic E-state index is 5.20. The first-order valence-corrected chi connectivity index (χ1v) is 3.97. The van der Waals surface area contributed by atoms with Gasteiger partial charge in [-0.2, -0.15) is 5.10 Å². The largest absolute Gasteiger partial charge is 0.257 e. The molecule has 1 atom stereocenters. The zero-order valence-electron chi connectivity index (χ0n) is 5.58. The van der Waals surface area contributed by atoms with E-state index in [9.17, 15) is 0 Å². The lowest BCUT2D eigenvalue weighted by molar-refractivity contribution is 0.597. The average molecular weight is 246 g/mol.